The summed E-state index contributed by atoms with van der Waals surface area (Å²) >= 11 is 0. The molecule has 30 heavy (non-hydrogen) atoms. The zero-order valence-corrected chi connectivity index (χ0v) is 17.0. The summed E-state index contributed by atoms with van der Waals surface area (Å²) in [6, 6.07) is 10.4. The highest BCUT2D eigenvalue weighted by Gasteiger charge is 2.31. The van der Waals surface area contributed by atoms with Crippen molar-refractivity contribution in [1.29, 1.82) is 0 Å². The largest absolute Gasteiger partial charge is 0.493 e. The highest BCUT2D eigenvalue weighted by atomic mass is 32.2. The van der Waals surface area contributed by atoms with E-state index in [-0.39, 0.29) is 6.10 Å². The summed E-state index contributed by atoms with van der Waals surface area (Å²) in [5.74, 6) is 1.81. The Labute approximate surface area is 174 Å². The molecular formula is C20H21N5O4S. The van der Waals surface area contributed by atoms with Crippen LogP contribution in [0.3, 0.4) is 0 Å². The molecule has 9 nitrogen and oxygen atoms in total. The number of fused-ring (bicyclic) bond motifs is 1. The number of benzene rings is 1. The number of nitrogens with zero attached hydrogens (tertiary/aromatic N) is 5. The molecule has 2 aliphatic rings. The molecule has 0 saturated carbocycles. The lowest BCUT2D eigenvalue weighted by molar-refractivity contribution is 0.128. The highest BCUT2D eigenvalue weighted by molar-refractivity contribution is 7.89. The van der Waals surface area contributed by atoms with Gasteiger partial charge >= 0.3 is 0 Å². The van der Waals surface area contributed by atoms with Crippen molar-refractivity contribution in [1.82, 2.24) is 24.3 Å². The van der Waals surface area contributed by atoms with Crippen LogP contribution in [-0.2, 0) is 16.4 Å². The number of hydrogen-bond acceptors (Lipinski definition) is 7. The first kappa shape index (κ1) is 19.0. The number of sulfonamides is 1. The van der Waals surface area contributed by atoms with Crippen molar-refractivity contribution in [2.45, 2.75) is 30.3 Å². The summed E-state index contributed by atoms with van der Waals surface area (Å²) < 4.78 is 40.6. The molecule has 1 fully saturated rings. The maximum atomic E-state index is 13.0. The standard InChI is InChI=1S/C20H21N5O4S/c26-30(27,17-2-3-18-15(14-17)8-13-28-18)24-11-6-16(7-12-24)29-20-5-4-19(22-23-20)25-10-1-9-21-25/h1-5,9-10,14,16H,6-8,11-13H2. The Hall–Kier alpha value is -2.98. The second-order valence-corrected chi connectivity index (χ2v) is 9.21. The van der Waals surface area contributed by atoms with E-state index in [1.807, 2.05) is 6.07 Å². The third kappa shape index (κ3) is 3.63. The van der Waals surface area contributed by atoms with Crippen LogP contribution in [0.2, 0.25) is 0 Å². The molecule has 1 saturated heterocycles. The molecular weight excluding hydrogens is 406 g/mol. The van der Waals surface area contributed by atoms with Crippen LogP contribution in [0.5, 0.6) is 11.6 Å². The Morgan fingerprint density at radius 3 is 2.70 bits per heavy atom. The van der Waals surface area contributed by atoms with Crippen molar-refractivity contribution in [2.75, 3.05) is 19.7 Å². The molecule has 5 rings (SSSR count). The number of rotatable bonds is 5. The van der Waals surface area contributed by atoms with Crippen molar-refractivity contribution in [3.63, 3.8) is 0 Å². The molecule has 4 heterocycles. The lowest BCUT2D eigenvalue weighted by atomic mass is 10.1. The second kappa shape index (κ2) is 7.69. The van der Waals surface area contributed by atoms with Gasteiger partial charge in [0.2, 0.25) is 15.9 Å². The van der Waals surface area contributed by atoms with Crippen molar-refractivity contribution < 1.29 is 17.9 Å². The smallest absolute Gasteiger partial charge is 0.243 e. The molecule has 0 spiro atoms. The maximum Gasteiger partial charge on any atom is 0.243 e. The molecule has 156 valence electrons. The second-order valence-electron chi connectivity index (χ2n) is 7.27. The Kier molecular flexibility index (Phi) is 4.87. The predicted molar refractivity (Wildman–Crippen MR) is 107 cm³/mol. The molecule has 10 heteroatoms. The van der Waals surface area contributed by atoms with Gasteiger partial charge in [-0.3, -0.25) is 0 Å². The Balaban J connectivity index is 1.21. The normalized spacial score (nSPS) is 17.5. The quantitative estimate of drug-likeness (QED) is 0.612. The average molecular weight is 427 g/mol. The summed E-state index contributed by atoms with van der Waals surface area (Å²) in [5.41, 5.74) is 0.950. The highest BCUT2D eigenvalue weighted by Crippen LogP contribution is 2.30. The van der Waals surface area contributed by atoms with Crippen molar-refractivity contribution >= 4 is 10.0 Å². The Morgan fingerprint density at radius 2 is 1.97 bits per heavy atom. The molecule has 0 bridgehead atoms. The van der Waals surface area contributed by atoms with E-state index in [1.165, 1.54) is 4.31 Å². The number of piperidine rings is 1. The lowest BCUT2D eigenvalue weighted by Gasteiger charge is -2.31. The summed E-state index contributed by atoms with van der Waals surface area (Å²) in [5, 5.41) is 12.3. The van der Waals surface area contributed by atoms with Crippen LogP contribution in [0.15, 0.2) is 53.7 Å². The first-order chi connectivity index (χ1) is 14.6. The van der Waals surface area contributed by atoms with Gasteiger partial charge in [0, 0.05) is 38.0 Å². The van der Waals surface area contributed by atoms with Crippen molar-refractivity contribution in [3.8, 4) is 17.4 Å². The Morgan fingerprint density at radius 1 is 1.10 bits per heavy atom. The molecule has 2 aromatic heterocycles. The number of ether oxygens (including phenoxy) is 2. The van der Waals surface area contributed by atoms with Crippen LogP contribution in [0, 0.1) is 0 Å². The minimum Gasteiger partial charge on any atom is -0.493 e. The fourth-order valence-corrected chi connectivity index (χ4v) is 5.26. The van der Waals surface area contributed by atoms with Gasteiger partial charge in [-0.2, -0.15) is 9.40 Å². The van der Waals surface area contributed by atoms with E-state index in [0.29, 0.717) is 49.1 Å². The summed E-state index contributed by atoms with van der Waals surface area (Å²) in [7, 11) is -3.53. The van der Waals surface area contributed by atoms with Crippen LogP contribution >= 0.6 is 0 Å². The first-order valence-corrected chi connectivity index (χ1v) is 11.3. The predicted octanol–water partition coefficient (Wildman–Crippen LogP) is 1.83. The van der Waals surface area contributed by atoms with Crippen LogP contribution in [0.1, 0.15) is 18.4 Å². The molecule has 2 aliphatic heterocycles. The van der Waals surface area contributed by atoms with E-state index in [0.717, 1.165) is 17.7 Å². The molecule has 0 N–H and O–H groups in total. The SMILES string of the molecule is O=S(=O)(c1ccc2c(c1)CCO2)N1CCC(Oc2ccc(-n3cccn3)nn2)CC1. The van der Waals surface area contributed by atoms with Crippen molar-refractivity contribution in [3.05, 3.63) is 54.4 Å². The van der Waals surface area contributed by atoms with Gasteiger partial charge in [-0.15, -0.1) is 10.2 Å². The summed E-state index contributed by atoms with van der Waals surface area (Å²) in [6.45, 7) is 1.41. The van der Waals surface area contributed by atoms with Crippen molar-refractivity contribution in [2.24, 2.45) is 0 Å². The van der Waals surface area contributed by atoms with Gasteiger partial charge in [0.15, 0.2) is 5.82 Å². The van der Waals surface area contributed by atoms with Gasteiger partial charge in [-0.1, -0.05) is 0 Å². The van der Waals surface area contributed by atoms with E-state index in [4.69, 9.17) is 9.47 Å². The Bertz CT molecular complexity index is 1120. The fraction of sp³-hybridized carbons (Fsp3) is 0.350. The van der Waals surface area contributed by atoms with Gasteiger partial charge in [-0.05, 0) is 48.7 Å². The third-order valence-electron chi connectivity index (χ3n) is 5.35. The van der Waals surface area contributed by atoms with Crippen LogP contribution in [-0.4, -0.2) is 58.5 Å². The fourth-order valence-electron chi connectivity index (χ4n) is 3.74. The molecule has 0 unspecified atom stereocenters. The zero-order chi connectivity index (χ0) is 20.6. The maximum absolute atomic E-state index is 13.0. The van der Waals surface area contributed by atoms with E-state index < -0.39 is 10.0 Å². The molecule has 0 aliphatic carbocycles. The van der Waals surface area contributed by atoms with Crippen LogP contribution in [0.25, 0.3) is 5.82 Å². The summed E-state index contributed by atoms with van der Waals surface area (Å²) in [4.78, 5) is 0.325. The minimum atomic E-state index is -3.53. The molecule has 0 atom stereocenters. The zero-order valence-electron chi connectivity index (χ0n) is 16.2. The lowest BCUT2D eigenvalue weighted by Crippen LogP contribution is -2.41. The van der Waals surface area contributed by atoms with E-state index in [9.17, 15) is 8.42 Å². The van der Waals surface area contributed by atoms with Gasteiger partial charge in [0.1, 0.15) is 11.9 Å². The molecule has 0 radical (unpaired) electrons. The monoisotopic (exact) mass is 427 g/mol. The third-order valence-corrected chi connectivity index (χ3v) is 7.25. The van der Waals surface area contributed by atoms with E-state index in [2.05, 4.69) is 15.3 Å². The van der Waals surface area contributed by atoms with Gasteiger partial charge < -0.3 is 9.47 Å². The van der Waals surface area contributed by atoms with Gasteiger partial charge in [0.25, 0.3) is 0 Å². The van der Waals surface area contributed by atoms with Gasteiger partial charge in [-0.25, -0.2) is 13.1 Å². The number of aromatic nitrogens is 4. The van der Waals surface area contributed by atoms with Crippen LogP contribution in [0.4, 0.5) is 0 Å². The van der Waals surface area contributed by atoms with E-state index in [1.54, 1.807) is 47.4 Å². The summed E-state index contributed by atoms with van der Waals surface area (Å²) in [6.07, 6.45) is 5.29. The number of hydrogen-bond donors (Lipinski definition) is 0. The average Bonchev–Trinajstić information content (AvgIpc) is 3.46. The van der Waals surface area contributed by atoms with Gasteiger partial charge in [0.05, 0.1) is 11.5 Å². The molecule has 3 aromatic rings. The minimum absolute atomic E-state index is 0.102. The first-order valence-electron chi connectivity index (χ1n) is 9.86. The van der Waals surface area contributed by atoms with Crippen LogP contribution < -0.4 is 9.47 Å². The topological polar surface area (TPSA) is 99.4 Å². The molecule has 1 aromatic carbocycles. The van der Waals surface area contributed by atoms with E-state index >= 15 is 0 Å². The molecule has 0 amide bonds.